The number of anilines is 2. The molecule has 5 rings (SSSR count). The number of halogens is 6. The predicted molar refractivity (Wildman–Crippen MR) is 124 cm³/mol. The average molecular weight is 529 g/mol. The summed E-state index contributed by atoms with van der Waals surface area (Å²) in [5, 5.41) is 7.78. The van der Waals surface area contributed by atoms with Gasteiger partial charge in [0.15, 0.2) is 12.3 Å². The molecule has 7 nitrogen and oxygen atoms in total. The van der Waals surface area contributed by atoms with Crippen molar-refractivity contribution in [3.05, 3.63) is 41.7 Å². The van der Waals surface area contributed by atoms with E-state index in [0.29, 0.717) is 24.4 Å². The zero-order chi connectivity index (χ0) is 26.5. The first-order chi connectivity index (χ1) is 17.4. The molecule has 3 atom stereocenters. The molecular formula is C24H26F6N6O. The smallest absolute Gasteiger partial charge is 0.433 e. The topological polar surface area (TPSA) is 67.6 Å². The normalized spacial score (nSPS) is 22.2. The van der Waals surface area contributed by atoms with Crippen molar-refractivity contribution >= 4 is 17.3 Å². The largest absolute Gasteiger partial charge is 0.468 e. The second-order valence-corrected chi connectivity index (χ2v) is 9.93. The van der Waals surface area contributed by atoms with Crippen LogP contribution in [0.25, 0.3) is 5.65 Å². The van der Waals surface area contributed by atoms with Crippen molar-refractivity contribution in [2.24, 2.45) is 11.8 Å². The molecule has 4 heterocycles. The number of hydrogen-bond donors (Lipinski definition) is 1. The Morgan fingerprint density at radius 1 is 1.05 bits per heavy atom. The number of nitrogens with zero attached hydrogens (tertiary/aromatic N) is 5. The molecule has 2 fully saturated rings. The third-order valence-electron chi connectivity index (χ3n) is 7.01. The van der Waals surface area contributed by atoms with Crippen LogP contribution in [0.4, 0.5) is 38.0 Å². The summed E-state index contributed by atoms with van der Waals surface area (Å²) in [5.74, 6) is 0.547. The Kier molecular flexibility index (Phi) is 6.35. The Labute approximate surface area is 208 Å². The molecule has 1 saturated carbocycles. The molecule has 200 valence electrons. The standard InChI is InChI=1S/C24H26F6N6O/c1-13(2)17-5-6-19(37-12-23(25,26)27)36-21(17)33-22(34-36)32-20-14-3-4-15(20)11-35(10-14)16-7-8-31-18(9-16)24(28,29)30/h5-9,13-15,20H,3-4,10-12H2,1-2H3,(H,32,34)/t14-,15+,20?. The average Bonchev–Trinajstić information content (AvgIpc) is 3.33. The molecule has 3 aromatic rings. The van der Waals surface area contributed by atoms with Gasteiger partial charge >= 0.3 is 12.4 Å². The molecule has 13 heteroatoms. The summed E-state index contributed by atoms with van der Waals surface area (Å²) in [4.78, 5) is 9.98. The van der Waals surface area contributed by atoms with E-state index in [1.54, 1.807) is 12.1 Å². The predicted octanol–water partition coefficient (Wildman–Crippen LogP) is 5.53. The van der Waals surface area contributed by atoms with Gasteiger partial charge in [0.2, 0.25) is 11.8 Å². The minimum Gasteiger partial charge on any atom is -0.468 e. The molecule has 1 saturated heterocycles. The third kappa shape index (κ3) is 5.26. The van der Waals surface area contributed by atoms with Crippen LogP contribution in [0.1, 0.15) is 43.9 Å². The number of rotatable bonds is 6. The van der Waals surface area contributed by atoms with Gasteiger partial charge < -0.3 is 15.0 Å². The van der Waals surface area contributed by atoms with Gasteiger partial charge in [0, 0.05) is 37.1 Å². The van der Waals surface area contributed by atoms with Crippen LogP contribution in [-0.2, 0) is 6.18 Å². The Morgan fingerprint density at radius 3 is 2.38 bits per heavy atom. The number of alkyl halides is 6. The van der Waals surface area contributed by atoms with Crippen molar-refractivity contribution in [1.29, 1.82) is 0 Å². The van der Waals surface area contributed by atoms with Crippen molar-refractivity contribution in [2.75, 3.05) is 29.9 Å². The van der Waals surface area contributed by atoms with Gasteiger partial charge in [-0.2, -0.15) is 35.8 Å². The molecule has 2 bridgehead atoms. The van der Waals surface area contributed by atoms with Gasteiger partial charge in [-0.1, -0.05) is 13.8 Å². The summed E-state index contributed by atoms with van der Waals surface area (Å²) in [6.45, 7) is 3.57. The number of ether oxygens (including phenoxy) is 1. The lowest BCUT2D eigenvalue weighted by molar-refractivity contribution is -0.154. The first-order valence-electron chi connectivity index (χ1n) is 12.0. The van der Waals surface area contributed by atoms with E-state index in [-0.39, 0.29) is 35.6 Å². The second-order valence-electron chi connectivity index (χ2n) is 9.93. The molecule has 1 N–H and O–H groups in total. The van der Waals surface area contributed by atoms with E-state index in [4.69, 9.17) is 4.74 Å². The summed E-state index contributed by atoms with van der Waals surface area (Å²) in [6, 6.07) is 5.80. The molecule has 0 amide bonds. The van der Waals surface area contributed by atoms with Crippen molar-refractivity contribution in [3.8, 4) is 5.88 Å². The van der Waals surface area contributed by atoms with Crippen LogP contribution in [0.5, 0.6) is 5.88 Å². The van der Waals surface area contributed by atoms with Crippen LogP contribution in [0.2, 0.25) is 0 Å². The molecule has 0 radical (unpaired) electrons. The van der Waals surface area contributed by atoms with Crippen LogP contribution in [0.15, 0.2) is 30.5 Å². The van der Waals surface area contributed by atoms with Gasteiger partial charge in [0.25, 0.3) is 0 Å². The molecule has 1 aliphatic carbocycles. The maximum absolute atomic E-state index is 13.1. The first-order valence-corrected chi connectivity index (χ1v) is 12.0. The fraction of sp³-hybridized carbons (Fsp3) is 0.542. The Hall–Kier alpha value is -3.25. The van der Waals surface area contributed by atoms with E-state index in [1.807, 2.05) is 18.7 Å². The van der Waals surface area contributed by atoms with Crippen LogP contribution in [-0.4, -0.2) is 51.5 Å². The summed E-state index contributed by atoms with van der Waals surface area (Å²) in [6.07, 6.45) is -6.05. The zero-order valence-electron chi connectivity index (χ0n) is 20.1. The van der Waals surface area contributed by atoms with Crippen molar-refractivity contribution in [1.82, 2.24) is 19.6 Å². The quantitative estimate of drug-likeness (QED) is 0.424. The number of aromatic nitrogens is 4. The molecule has 1 unspecified atom stereocenters. The fourth-order valence-corrected chi connectivity index (χ4v) is 5.32. The van der Waals surface area contributed by atoms with E-state index in [2.05, 4.69) is 20.4 Å². The molecule has 0 aromatic carbocycles. The van der Waals surface area contributed by atoms with Gasteiger partial charge in [0.05, 0.1) is 0 Å². The van der Waals surface area contributed by atoms with E-state index >= 15 is 0 Å². The lowest BCUT2D eigenvalue weighted by Crippen LogP contribution is -2.48. The molecule has 2 aliphatic rings. The Morgan fingerprint density at radius 2 is 1.76 bits per heavy atom. The molecule has 3 aromatic heterocycles. The Bertz CT molecular complexity index is 1260. The summed E-state index contributed by atoms with van der Waals surface area (Å²) in [7, 11) is 0. The van der Waals surface area contributed by atoms with Gasteiger partial charge in [-0.25, -0.2) is 0 Å². The fourth-order valence-electron chi connectivity index (χ4n) is 5.32. The number of hydrogen-bond acceptors (Lipinski definition) is 6. The molecule has 0 spiro atoms. The van der Waals surface area contributed by atoms with E-state index < -0.39 is 24.7 Å². The highest BCUT2D eigenvalue weighted by atomic mass is 19.4. The van der Waals surface area contributed by atoms with E-state index in [1.165, 1.54) is 16.8 Å². The highest BCUT2D eigenvalue weighted by Crippen LogP contribution is 2.41. The van der Waals surface area contributed by atoms with Crippen molar-refractivity contribution < 1.29 is 31.1 Å². The lowest BCUT2D eigenvalue weighted by atomic mass is 9.92. The van der Waals surface area contributed by atoms with Crippen LogP contribution in [0.3, 0.4) is 0 Å². The molecule has 1 aliphatic heterocycles. The second kappa shape index (κ2) is 9.25. The monoisotopic (exact) mass is 528 g/mol. The maximum atomic E-state index is 13.1. The summed E-state index contributed by atoms with van der Waals surface area (Å²) >= 11 is 0. The number of fused-ring (bicyclic) bond motifs is 3. The maximum Gasteiger partial charge on any atom is 0.433 e. The molecular weight excluding hydrogens is 502 g/mol. The minimum absolute atomic E-state index is 0.0142. The molecule has 37 heavy (non-hydrogen) atoms. The van der Waals surface area contributed by atoms with Gasteiger partial charge in [-0.05, 0) is 54.4 Å². The van der Waals surface area contributed by atoms with E-state index in [9.17, 15) is 26.3 Å². The summed E-state index contributed by atoms with van der Waals surface area (Å²) < 4.78 is 83.9. The zero-order valence-corrected chi connectivity index (χ0v) is 20.1. The summed E-state index contributed by atoms with van der Waals surface area (Å²) in [5.41, 5.74) is 0.793. The minimum atomic E-state index is -4.51. The number of nitrogens with one attached hydrogen (secondary N) is 1. The highest BCUT2D eigenvalue weighted by molar-refractivity contribution is 5.55. The third-order valence-corrected chi connectivity index (χ3v) is 7.01. The number of piperidine rings is 1. The van der Waals surface area contributed by atoms with Crippen molar-refractivity contribution in [2.45, 2.75) is 51.0 Å². The van der Waals surface area contributed by atoms with Gasteiger partial charge in [-0.15, -0.1) is 5.10 Å². The lowest BCUT2D eigenvalue weighted by Gasteiger charge is -2.39. The number of pyridine rings is 2. The van der Waals surface area contributed by atoms with Crippen molar-refractivity contribution in [3.63, 3.8) is 0 Å². The van der Waals surface area contributed by atoms with Crippen LogP contribution < -0.4 is 15.0 Å². The van der Waals surface area contributed by atoms with Gasteiger partial charge in [0.1, 0.15) is 5.69 Å². The highest BCUT2D eigenvalue weighted by Gasteiger charge is 2.43. The van der Waals surface area contributed by atoms with Crippen LogP contribution >= 0.6 is 0 Å². The first kappa shape index (κ1) is 25.4. The van der Waals surface area contributed by atoms with Gasteiger partial charge in [-0.3, -0.25) is 4.98 Å². The van der Waals surface area contributed by atoms with Crippen LogP contribution in [0, 0.1) is 11.8 Å². The SMILES string of the molecule is CC(C)c1ccc(OCC(F)(F)F)n2nc(NC3[C@@H]4CC[C@H]3CN(c3ccnc(C(F)(F)F)c3)C4)nc12. The Balaban J connectivity index is 1.36. The van der Waals surface area contributed by atoms with E-state index in [0.717, 1.165) is 24.5 Å².